The van der Waals surface area contributed by atoms with E-state index in [0.717, 1.165) is 43.0 Å². The minimum atomic E-state index is -3.64. The summed E-state index contributed by atoms with van der Waals surface area (Å²) in [6.45, 7) is 0. The molecule has 126 valence electrons. The molecule has 3 N–H and O–H groups in total. The third-order valence-corrected chi connectivity index (χ3v) is 5.12. The molecule has 0 aliphatic carbocycles. The van der Waals surface area contributed by atoms with Gasteiger partial charge in [0.15, 0.2) is 0 Å². The maximum absolute atomic E-state index is 11.3. The van der Waals surface area contributed by atoms with Gasteiger partial charge in [0.1, 0.15) is 0 Å². The molecular weight excluding hydrogens is 366 g/mol. The van der Waals surface area contributed by atoms with Crippen LogP contribution >= 0.6 is 15.9 Å². The highest BCUT2D eigenvalue weighted by atomic mass is 79.9. The van der Waals surface area contributed by atoms with Gasteiger partial charge in [0, 0.05) is 5.33 Å². The molecule has 0 fully saturated rings. The number of hydrogen-bond acceptors (Lipinski definition) is 3. The summed E-state index contributed by atoms with van der Waals surface area (Å²) in [5.41, 5.74) is 0.941. The Morgan fingerprint density at radius 2 is 1.77 bits per heavy atom. The molecule has 0 radical (unpaired) electrons. The van der Waals surface area contributed by atoms with E-state index in [0.29, 0.717) is 0 Å². The van der Waals surface area contributed by atoms with E-state index in [-0.39, 0.29) is 11.0 Å². The number of halogens is 1. The van der Waals surface area contributed by atoms with Crippen LogP contribution in [0.5, 0.6) is 0 Å². The molecule has 0 amide bonds. The Bertz CT molecular complexity index is 534. The van der Waals surface area contributed by atoms with Crippen molar-refractivity contribution in [3.8, 4) is 0 Å². The van der Waals surface area contributed by atoms with Crippen molar-refractivity contribution in [2.75, 3.05) is 5.33 Å². The fourth-order valence-electron chi connectivity index (χ4n) is 2.39. The molecule has 0 saturated heterocycles. The number of sulfonamides is 1. The van der Waals surface area contributed by atoms with Crippen LogP contribution in [0.2, 0.25) is 0 Å². The van der Waals surface area contributed by atoms with Crippen molar-refractivity contribution in [1.82, 2.24) is 0 Å². The third kappa shape index (κ3) is 8.27. The van der Waals surface area contributed by atoms with E-state index >= 15 is 0 Å². The van der Waals surface area contributed by atoms with E-state index in [4.69, 9.17) is 5.14 Å². The number of unbranched alkanes of at least 4 members (excludes halogenated alkanes) is 3. The van der Waals surface area contributed by atoms with Crippen molar-refractivity contribution in [3.05, 3.63) is 29.8 Å². The molecule has 0 spiro atoms. The predicted molar refractivity (Wildman–Crippen MR) is 93.6 cm³/mol. The van der Waals surface area contributed by atoms with E-state index in [9.17, 15) is 13.5 Å². The van der Waals surface area contributed by atoms with Crippen LogP contribution in [0, 0.1) is 0 Å². The normalized spacial score (nSPS) is 13.2. The lowest BCUT2D eigenvalue weighted by atomic mass is 10.0. The number of nitrogens with two attached hydrogens (primary N) is 1. The molecule has 6 heteroatoms. The van der Waals surface area contributed by atoms with Crippen molar-refractivity contribution in [2.24, 2.45) is 5.14 Å². The summed E-state index contributed by atoms with van der Waals surface area (Å²) in [4.78, 5) is 0.150. The van der Waals surface area contributed by atoms with Crippen LogP contribution in [0.25, 0.3) is 0 Å². The largest absolute Gasteiger partial charge is 0.393 e. The van der Waals surface area contributed by atoms with Crippen LogP contribution < -0.4 is 5.14 Å². The zero-order chi connectivity index (χ0) is 16.4. The molecule has 0 aliphatic heterocycles. The first kappa shape index (κ1) is 19.6. The Balaban J connectivity index is 2.26. The smallest absolute Gasteiger partial charge is 0.238 e. The van der Waals surface area contributed by atoms with Crippen LogP contribution in [0.1, 0.15) is 50.5 Å². The molecule has 0 aromatic heterocycles. The minimum absolute atomic E-state index is 0.150. The van der Waals surface area contributed by atoms with Crippen molar-refractivity contribution in [3.63, 3.8) is 0 Å². The summed E-state index contributed by atoms with van der Waals surface area (Å²) in [7, 11) is -3.64. The lowest BCUT2D eigenvalue weighted by Gasteiger charge is -2.10. The van der Waals surface area contributed by atoms with Crippen LogP contribution in [0.15, 0.2) is 29.2 Å². The number of alkyl halides is 1. The predicted octanol–water partition coefficient (Wildman–Crippen LogP) is 3.36. The van der Waals surface area contributed by atoms with Crippen LogP contribution in [-0.2, 0) is 16.4 Å². The van der Waals surface area contributed by atoms with Gasteiger partial charge < -0.3 is 5.11 Å². The van der Waals surface area contributed by atoms with Gasteiger partial charge in [0.25, 0.3) is 0 Å². The fourth-order valence-corrected chi connectivity index (χ4v) is 3.37. The first-order valence-electron chi connectivity index (χ1n) is 7.79. The second-order valence-electron chi connectivity index (χ2n) is 5.63. The summed E-state index contributed by atoms with van der Waals surface area (Å²) in [5.74, 6) is 0. The summed E-state index contributed by atoms with van der Waals surface area (Å²) in [6.07, 6.45) is 7.56. The summed E-state index contributed by atoms with van der Waals surface area (Å²) >= 11 is 3.41. The first-order chi connectivity index (χ1) is 10.4. The van der Waals surface area contributed by atoms with Crippen LogP contribution in [0.4, 0.5) is 0 Å². The Morgan fingerprint density at radius 3 is 2.45 bits per heavy atom. The lowest BCUT2D eigenvalue weighted by molar-refractivity contribution is 0.148. The lowest BCUT2D eigenvalue weighted by Crippen LogP contribution is -2.12. The molecule has 1 rings (SSSR count). The molecule has 1 aromatic rings. The summed E-state index contributed by atoms with van der Waals surface area (Å²) in [5, 5.41) is 16.1. The molecule has 0 saturated carbocycles. The Hall–Kier alpha value is -0.430. The molecule has 0 bridgehead atoms. The molecule has 0 heterocycles. The van der Waals surface area contributed by atoms with Gasteiger partial charge in [0.05, 0.1) is 11.0 Å². The standard InChI is InChI=1S/C16H26BrNO3S/c17-12-4-2-1-3-9-15(19)10-5-7-14-8-6-11-16(13-14)22(18,20)21/h6,8,11,13,15,19H,1-5,7,9-10,12H2,(H2,18,20,21). The highest BCUT2D eigenvalue weighted by Crippen LogP contribution is 2.15. The van der Waals surface area contributed by atoms with Crippen molar-refractivity contribution >= 4 is 26.0 Å². The number of rotatable bonds is 11. The zero-order valence-corrected chi connectivity index (χ0v) is 15.3. The zero-order valence-electron chi connectivity index (χ0n) is 12.9. The number of aryl methyl sites for hydroxylation is 1. The number of hydrogen-bond donors (Lipinski definition) is 2. The average molecular weight is 392 g/mol. The van der Waals surface area contributed by atoms with E-state index < -0.39 is 10.0 Å². The van der Waals surface area contributed by atoms with Gasteiger partial charge in [-0.05, 0) is 49.8 Å². The molecule has 22 heavy (non-hydrogen) atoms. The summed E-state index contributed by atoms with van der Waals surface area (Å²) < 4.78 is 22.6. The monoisotopic (exact) mass is 391 g/mol. The Kier molecular flexibility index (Phi) is 9.24. The number of aliphatic hydroxyl groups excluding tert-OH is 1. The molecular formula is C16H26BrNO3S. The van der Waals surface area contributed by atoms with E-state index in [1.807, 2.05) is 6.07 Å². The van der Waals surface area contributed by atoms with Crippen LogP contribution in [0.3, 0.4) is 0 Å². The van der Waals surface area contributed by atoms with Gasteiger partial charge in [-0.2, -0.15) is 0 Å². The second kappa shape index (κ2) is 10.4. The van der Waals surface area contributed by atoms with Gasteiger partial charge in [-0.1, -0.05) is 47.3 Å². The first-order valence-corrected chi connectivity index (χ1v) is 10.5. The van der Waals surface area contributed by atoms with E-state index in [1.54, 1.807) is 12.1 Å². The maximum Gasteiger partial charge on any atom is 0.238 e. The van der Waals surface area contributed by atoms with Crippen molar-refractivity contribution < 1.29 is 13.5 Å². The fraction of sp³-hybridized carbons (Fsp3) is 0.625. The van der Waals surface area contributed by atoms with Gasteiger partial charge in [-0.3, -0.25) is 0 Å². The quantitative estimate of drug-likeness (QED) is 0.448. The third-order valence-electron chi connectivity index (χ3n) is 3.65. The number of primary sulfonamides is 1. The van der Waals surface area contributed by atoms with Crippen molar-refractivity contribution in [2.45, 2.75) is 62.4 Å². The molecule has 1 unspecified atom stereocenters. The highest BCUT2D eigenvalue weighted by Gasteiger charge is 2.08. The SMILES string of the molecule is NS(=O)(=O)c1cccc(CCCC(O)CCCCCCBr)c1. The minimum Gasteiger partial charge on any atom is -0.393 e. The van der Waals surface area contributed by atoms with Gasteiger partial charge in [-0.25, -0.2) is 13.6 Å². The van der Waals surface area contributed by atoms with Crippen molar-refractivity contribution in [1.29, 1.82) is 0 Å². The van der Waals surface area contributed by atoms with E-state index in [2.05, 4.69) is 15.9 Å². The Labute approximate surface area is 142 Å². The van der Waals surface area contributed by atoms with Gasteiger partial charge in [-0.15, -0.1) is 0 Å². The maximum atomic E-state index is 11.3. The molecule has 1 atom stereocenters. The topological polar surface area (TPSA) is 80.4 Å². The van der Waals surface area contributed by atoms with Gasteiger partial charge >= 0.3 is 0 Å². The van der Waals surface area contributed by atoms with Crippen LogP contribution in [-0.4, -0.2) is 25.0 Å². The van der Waals surface area contributed by atoms with E-state index in [1.165, 1.54) is 25.3 Å². The molecule has 0 aliphatic rings. The second-order valence-corrected chi connectivity index (χ2v) is 7.98. The number of benzene rings is 1. The summed E-state index contributed by atoms with van der Waals surface area (Å²) in [6, 6.07) is 6.71. The molecule has 4 nitrogen and oxygen atoms in total. The highest BCUT2D eigenvalue weighted by molar-refractivity contribution is 9.09. The average Bonchev–Trinajstić information content (AvgIpc) is 2.46. The van der Waals surface area contributed by atoms with Gasteiger partial charge in [0.2, 0.25) is 10.0 Å². The number of aliphatic hydroxyl groups is 1. The Morgan fingerprint density at radius 1 is 1.09 bits per heavy atom. The molecule has 1 aromatic carbocycles.